The first-order valence-corrected chi connectivity index (χ1v) is 7.35. The molecule has 0 aromatic carbocycles. The molecule has 1 saturated carbocycles. The van der Waals surface area contributed by atoms with Crippen LogP contribution in [0.3, 0.4) is 0 Å². The van der Waals surface area contributed by atoms with Crippen molar-refractivity contribution in [2.75, 3.05) is 19.8 Å². The summed E-state index contributed by atoms with van der Waals surface area (Å²) >= 11 is 0. The molecule has 1 aliphatic carbocycles. The van der Waals surface area contributed by atoms with Crippen LogP contribution in [0.5, 0.6) is 5.88 Å². The summed E-state index contributed by atoms with van der Waals surface area (Å²) < 4.78 is 51.6. The molecular weight excluding hydrogens is 315 g/mol. The third-order valence-electron chi connectivity index (χ3n) is 4.07. The molecule has 1 unspecified atom stereocenters. The molecule has 3 rings (SSSR count). The number of esters is 1. The second kappa shape index (κ2) is 5.99. The van der Waals surface area contributed by atoms with Gasteiger partial charge in [-0.1, -0.05) is 0 Å². The summed E-state index contributed by atoms with van der Waals surface area (Å²) in [6.07, 6.45) is -0.772. The molecule has 0 amide bonds. The molecule has 0 radical (unpaired) electrons. The first kappa shape index (κ1) is 16.0. The summed E-state index contributed by atoms with van der Waals surface area (Å²) in [6, 6.07) is 2.57. The lowest BCUT2D eigenvalue weighted by Gasteiger charge is -2.22. The number of aromatic nitrogens is 1. The minimum atomic E-state index is -4.43. The fourth-order valence-electron chi connectivity index (χ4n) is 2.65. The lowest BCUT2D eigenvalue weighted by atomic mass is 9.99. The molecule has 2 fully saturated rings. The van der Waals surface area contributed by atoms with E-state index in [2.05, 4.69) is 9.72 Å². The zero-order chi connectivity index (χ0) is 16.5. The van der Waals surface area contributed by atoms with E-state index in [1.54, 1.807) is 0 Å². The molecule has 1 saturated heterocycles. The molecule has 1 aromatic rings. The van der Waals surface area contributed by atoms with Gasteiger partial charge >= 0.3 is 12.1 Å². The molecule has 0 bridgehead atoms. The van der Waals surface area contributed by atoms with Gasteiger partial charge in [0.15, 0.2) is 6.61 Å². The number of rotatable bonds is 5. The molecule has 0 spiro atoms. The number of carbonyl (C=O) groups excluding carboxylic acids is 1. The Morgan fingerprint density at radius 3 is 2.70 bits per heavy atom. The predicted molar refractivity (Wildman–Crippen MR) is 72.1 cm³/mol. The first-order chi connectivity index (χ1) is 10.9. The maximum atomic E-state index is 12.2. The van der Waals surface area contributed by atoms with Gasteiger partial charge in [-0.15, -0.1) is 0 Å². The first-order valence-electron chi connectivity index (χ1n) is 7.35. The summed E-state index contributed by atoms with van der Waals surface area (Å²) in [5.41, 5.74) is -0.256. The van der Waals surface area contributed by atoms with Crippen molar-refractivity contribution >= 4 is 5.97 Å². The lowest BCUT2D eigenvalue weighted by Crippen LogP contribution is -2.29. The van der Waals surface area contributed by atoms with Crippen LogP contribution < -0.4 is 4.74 Å². The van der Waals surface area contributed by atoms with Crippen LogP contribution in [0.4, 0.5) is 13.2 Å². The highest BCUT2D eigenvalue weighted by atomic mass is 19.4. The number of hydrogen-bond donors (Lipinski definition) is 0. The third-order valence-corrected chi connectivity index (χ3v) is 4.07. The molecule has 5 nitrogen and oxygen atoms in total. The van der Waals surface area contributed by atoms with Crippen LogP contribution in [0, 0.1) is 5.92 Å². The van der Waals surface area contributed by atoms with Gasteiger partial charge in [0.25, 0.3) is 0 Å². The van der Waals surface area contributed by atoms with Crippen molar-refractivity contribution in [2.45, 2.75) is 31.0 Å². The highest BCUT2D eigenvalue weighted by molar-refractivity contribution is 5.89. The molecule has 23 heavy (non-hydrogen) atoms. The van der Waals surface area contributed by atoms with E-state index in [4.69, 9.17) is 9.47 Å². The molecule has 0 N–H and O–H groups in total. The van der Waals surface area contributed by atoms with Crippen LogP contribution in [0.25, 0.3) is 0 Å². The van der Waals surface area contributed by atoms with Gasteiger partial charge in [-0.3, -0.25) is 0 Å². The molecule has 1 aliphatic heterocycles. The molecule has 8 heteroatoms. The number of pyridine rings is 1. The van der Waals surface area contributed by atoms with Crippen LogP contribution in [0.15, 0.2) is 18.3 Å². The van der Waals surface area contributed by atoms with E-state index in [0.717, 1.165) is 25.5 Å². The summed E-state index contributed by atoms with van der Waals surface area (Å²) in [5, 5.41) is 0. The van der Waals surface area contributed by atoms with Gasteiger partial charge in [0.05, 0.1) is 12.2 Å². The summed E-state index contributed by atoms with van der Waals surface area (Å²) in [4.78, 5) is 15.9. The minimum Gasteiger partial charge on any atom is -0.468 e. The van der Waals surface area contributed by atoms with Crippen molar-refractivity contribution in [1.82, 2.24) is 4.98 Å². The smallest absolute Gasteiger partial charge is 0.422 e. The van der Waals surface area contributed by atoms with Gasteiger partial charge in [0.2, 0.25) is 5.88 Å². The van der Waals surface area contributed by atoms with Crippen LogP contribution in [0.1, 0.15) is 29.6 Å². The normalized spacial score (nSPS) is 22.7. The van der Waals surface area contributed by atoms with E-state index < -0.39 is 24.4 Å². The van der Waals surface area contributed by atoms with Gasteiger partial charge < -0.3 is 14.2 Å². The molecular formula is C15H16F3NO4. The zero-order valence-electron chi connectivity index (χ0n) is 12.3. The fraction of sp³-hybridized carbons (Fsp3) is 0.600. The van der Waals surface area contributed by atoms with Crippen molar-refractivity contribution < 1.29 is 32.2 Å². The van der Waals surface area contributed by atoms with Crippen LogP contribution in [-0.2, 0) is 9.47 Å². The topological polar surface area (TPSA) is 57.7 Å². The van der Waals surface area contributed by atoms with Crippen LogP contribution >= 0.6 is 0 Å². The van der Waals surface area contributed by atoms with E-state index in [1.807, 2.05) is 0 Å². The predicted octanol–water partition coefficient (Wildman–Crippen LogP) is 2.75. The third kappa shape index (κ3) is 3.93. The van der Waals surface area contributed by atoms with E-state index in [-0.39, 0.29) is 17.4 Å². The van der Waals surface area contributed by atoms with E-state index in [9.17, 15) is 18.0 Å². The quantitative estimate of drug-likeness (QED) is 0.777. The summed E-state index contributed by atoms with van der Waals surface area (Å²) in [7, 11) is 0. The maximum Gasteiger partial charge on any atom is 0.422 e. The molecule has 126 valence electrons. The Morgan fingerprint density at radius 1 is 1.39 bits per heavy atom. The minimum absolute atomic E-state index is 0.189. The lowest BCUT2D eigenvalue weighted by molar-refractivity contribution is -0.154. The molecule has 2 heterocycles. The van der Waals surface area contributed by atoms with E-state index in [0.29, 0.717) is 13.2 Å². The number of nitrogens with zero attached hydrogens (tertiary/aromatic N) is 1. The Hall–Kier alpha value is -1.83. The van der Waals surface area contributed by atoms with Gasteiger partial charge in [-0.25, -0.2) is 9.78 Å². The fourth-order valence-corrected chi connectivity index (χ4v) is 2.65. The Morgan fingerprint density at radius 2 is 2.17 bits per heavy atom. The standard InChI is InChI=1S/C15H16F3NO4/c16-15(17,18)9-22-12-2-1-10(7-19-12)13(20)23-14(4-5-14)11-3-6-21-8-11/h1-2,7,11H,3-6,8-9H2. The average Bonchev–Trinajstić information content (AvgIpc) is 3.07. The van der Waals surface area contributed by atoms with Gasteiger partial charge in [0, 0.05) is 24.8 Å². The molecule has 1 aromatic heterocycles. The Kier molecular flexibility index (Phi) is 4.18. The van der Waals surface area contributed by atoms with Crippen LogP contribution in [-0.4, -0.2) is 42.6 Å². The van der Waals surface area contributed by atoms with Gasteiger partial charge in [0.1, 0.15) is 5.60 Å². The summed E-state index contributed by atoms with van der Waals surface area (Å²) in [5.74, 6) is -0.498. The van der Waals surface area contributed by atoms with Crippen molar-refractivity contribution in [3.8, 4) is 5.88 Å². The number of ether oxygens (including phenoxy) is 3. The SMILES string of the molecule is O=C(OC1(C2CCOC2)CC1)c1ccc(OCC(F)(F)F)nc1. The van der Waals surface area contributed by atoms with Crippen molar-refractivity contribution in [2.24, 2.45) is 5.92 Å². The van der Waals surface area contributed by atoms with Gasteiger partial charge in [-0.05, 0) is 25.3 Å². The van der Waals surface area contributed by atoms with Gasteiger partial charge in [-0.2, -0.15) is 13.2 Å². The largest absolute Gasteiger partial charge is 0.468 e. The second-order valence-corrected chi connectivity index (χ2v) is 5.80. The molecule has 1 atom stereocenters. The monoisotopic (exact) mass is 331 g/mol. The summed E-state index contributed by atoms with van der Waals surface area (Å²) in [6.45, 7) is -0.152. The number of carbonyl (C=O) groups is 1. The Balaban J connectivity index is 1.57. The number of halogens is 3. The molecule has 2 aliphatic rings. The highest BCUT2D eigenvalue weighted by Gasteiger charge is 2.54. The average molecular weight is 331 g/mol. The van der Waals surface area contributed by atoms with E-state index in [1.165, 1.54) is 12.1 Å². The van der Waals surface area contributed by atoms with E-state index >= 15 is 0 Å². The Labute approximate surface area is 130 Å². The van der Waals surface area contributed by atoms with Crippen molar-refractivity contribution in [3.63, 3.8) is 0 Å². The number of alkyl halides is 3. The highest BCUT2D eigenvalue weighted by Crippen LogP contribution is 2.49. The second-order valence-electron chi connectivity index (χ2n) is 5.80. The number of hydrogen-bond acceptors (Lipinski definition) is 5. The zero-order valence-corrected chi connectivity index (χ0v) is 12.3. The van der Waals surface area contributed by atoms with Crippen molar-refractivity contribution in [1.29, 1.82) is 0 Å². The maximum absolute atomic E-state index is 12.2. The Bertz CT molecular complexity index is 563. The van der Waals surface area contributed by atoms with Crippen LogP contribution in [0.2, 0.25) is 0 Å². The van der Waals surface area contributed by atoms with Crippen molar-refractivity contribution in [3.05, 3.63) is 23.9 Å².